The maximum Gasteiger partial charge on any atom is 0.257 e. The Bertz CT molecular complexity index is 1300. The van der Waals surface area contributed by atoms with Crippen molar-refractivity contribution in [3.63, 3.8) is 0 Å². The summed E-state index contributed by atoms with van der Waals surface area (Å²) >= 11 is 7.39. The molecule has 2 heterocycles. The average molecular weight is 482 g/mol. The number of hydrogen-bond donors (Lipinski definition) is 2. The molecule has 0 aliphatic carbocycles. The number of benzene rings is 2. The fourth-order valence-corrected chi connectivity index (χ4v) is 4.64. The molecule has 1 atom stereocenters. The van der Waals surface area contributed by atoms with E-state index in [1.165, 1.54) is 18.9 Å². The monoisotopic (exact) mass is 481 g/mol. The van der Waals surface area contributed by atoms with Crippen LogP contribution in [0, 0.1) is 12.3 Å². The fourth-order valence-electron chi connectivity index (χ4n) is 3.62. The van der Waals surface area contributed by atoms with Crippen LogP contribution in [0.5, 0.6) is 11.5 Å². The minimum absolute atomic E-state index is 0.101. The van der Waals surface area contributed by atoms with Crippen LogP contribution in [0.15, 0.2) is 52.4 Å². The van der Waals surface area contributed by atoms with E-state index in [2.05, 4.69) is 21.2 Å². The van der Waals surface area contributed by atoms with Crippen molar-refractivity contribution in [2.24, 2.45) is 0 Å². The summed E-state index contributed by atoms with van der Waals surface area (Å²) in [7, 11) is 1.52. The predicted octanol–water partition coefficient (Wildman–Crippen LogP) is 4.21. The molecule has 3 aromatic rings. The first-order valence-electron chi connectivity index (χ1n) is 10.0. The van der Waals surface area contributed by atoms with Crippen molar-refractivity contribution in [1.82, 2.24) is 9.97 Å². The molecule has 1 aliphatic heterocycles. The Morgan fingerprint density at radius 3 is 2.85 bits per heavy atom. The molecule has 0 bridgehead atoms. The zero-order chi connectivity index (χ0) is 23.4. The maximum atomic E-state index is 13.0. The summed E-state index contributed by atoms with van der Waals surface area (Å²) < 4.78 is 10.9. The van der Waals surface area contributed by atoms with Crippen molar-refractivity contribution in [3.05, 3.63) is 74.5 Å². The van der Waals surface area contributed by atoms with Crippen molar-refractivity contribution in [2.45, 2.75) is 23.2 Å². The molecule has 7 nitrogen and oxygen atoms in total. The summed E-state index contributed by atoms with van der Waals surface area (Å²) in [5.74, 6) is 3.49. The molecule has 1 aromatic heterocycles. The highest BCUT2D eigenvalue weighted by Gasteiger charge is 2.31. The second-order valence-electron chi connectivity index (χ2n) is 7.26. The lowest BCUT2D eigenvalue weighted by Gasteiger charge is -2.25. The van der Waals surface area contributed by atoms with E-state index in [0.717, 1.165) is 11.1 Å². The summed E-state index contributed by atoms with van der Waals surface area (Å²) in [6.45, 7) is 0.101. The zero-order valence-electron chi connectivity index (χ0n) is 17.7. The van der Waals surface area contributed by atoms with Gasteiger partial charge in [0.25, 0.3) is 5.56 Å². The molecule has 0 spiro atoms. The number of methoxy groups -OCH3 is 1. The number of rotatable bonds is 7. The number of carbonyl (C=O) groups is 1. The Hall–Kier alpha value is -3.41. The third kappa shape index (κ3) is 5.16. The zero-order valence-corrected chi connectivity index (χ0v) is 19.3. The molecule has 0 saturated heterocycles. The fraction of sp³-hybridized carbons (Fsp3) is 0.208. The molecule has 9 heteroatoms. The smallest absolute Gasteiger partial charge is 0.257 e. The van der Waals surface area contributed by atoms with Crippen LogP contribution in [0.25, 0.3) is 0 Å². The third-order valence-electron chi connectivity index (χ3n) is 5.09. The van der Waals surface area contributed by atoms with E-state index in [1.807, 2.05) is 18.2 Å². The van der Waals surface area contributed by atoms with E-state index >= 15 is 0 Å². The lowest BCUT2D eigenvalue weighted by molar-refractivity contribution is -0.116. The molecule has 0 radical (unpaired) electrons. The highest BCUT2D eigenvalue weighted by atomic mass is 35.5. The van der Waals surface area contributed by atoms with E-state index in [4.69, 9.17) is 27.5 Å². The number of ether oxygens (including phenoxy) is 2. The molecule has 2 aromatic carbocycles. The van der Waals surface area contributed by atoms with Crippen molar-refractivity contribution >= 4 is 35.1 Å². The molecular weight excluding hydrogens is 462 g/mol. The van der Waals surface area contributed by atoms with Crippen molar-refractivity contribution in [2.75, 3.05) is 19.0 Å². The second-order valence-corrected chi connectivity index (χ2v) is 8.66. The van der Waals surface area contributed by atoms with Crippen LogP contribution in [0.3, 0.4) is 0 Å². The Balaban J connectivity index is 1.64. The van der Waals surface area contributed by atoms with Crippen LogP contribution >= 0.6 is 23.4 Å². The highest BCUT2D eigenvalue weighted by molar-refractivity contribution is 7.98. The number of carbonyl (C=O) groups excluding carboxylic acids is 1. The number of fused-ring (bicyclic) bond motifs is 1. The van der Waals surface area contributed by atoms with Crippen molar-refractivity contribution in [1.29, 1.82) is 0 Å². The molecule has 1 aliphatic rings. The van der Waals surface area contributed by atoms with E-state index < -0.39 is 5.92 Å². The van der Waals surface area contributed by atoms with Gasteiger partial charge in [0.05, 0.1) is 12.7 Å². The van der Waals surface area contributed by atoms with E-state index in [1.54, 1.807) is 24.3 Å². The number of aromatic amines is 1. The Morgan fingerprint density at radius 1 is 1.24 bits per heavy atom. The number of aromatic nitrogens is 2. The van der Waals surface area contributed by atoms with Crippen LogP contribution in [0.1, 0.15) is 29.0 Å². The number of halogens is 1. The van der Waals surface area contributed by atoms with E-state index in [-0.39, 0.29) is 30.3 Å². The van der Waals surface area contributed by atoms with E-state index in [0.29, 0.717) is 33.0 Å². The van der Waals surface area contributed by atoms with Crippen molar-refractivity contribution < 1.29 is 14.3 Å². The summed E-state index contributed by atoms with van der Waals surface area (Å²) in [5, 5.41) is 3.79. The highest BCUT2D eigenvalue weighted by Crippen LogP contribution is 2.38. The standard InChI is InChI=1S/C24H20ClN3O4S/c1-3-9-32-18-8-7-15(11-19(18)31-2)17-12-20(29)26-22-21(17)23(30)28-24(27-22)33-13-14-5-4-6-16(25)10-14/h1,4-8,10-11,17H,9,12-13H2,2H3,(H2,26,27,28,29,30)/t17-/m1/s1. The minimum Gasteiger partial charge on any atom is -0.493 e. The molecule has 168 valence electrons. The normalized spacial score (nSPS) is 14.7. The Kier molecular flexibility index (Phi) is 6.92. The van der Waals surface area contributed by atoms with Crippen LogP contribution < -0.4 is 20.3 Å². The van der Waals surface area contributed by atoms with Gasteiger partial charge in [-0.25, -0.2) is 4.98 Å². The van der Waals surface area contributed by atoms with Gasteiger partial charge in [0, 0.05) is 23.1 Å². The number of amides is 1. The first-order valence-corrected chi connectivity index (χ1v) is 11.4. The topological polar surface area (TPSA) is 93.3 Å². The predicted molar refractivity (Wildman–Crippen MR) is 128 cm³/mol. The summed E-state index contributed by atoms with van der Waals surface area (Å²) in [6.07, 6.45) is 5.37. The summed E-state index contributed by atoms with van der Waals surface area (Å²) in [4.78, 5) is 32.8. The van der Waals surface area contributed by atoms with Gasteiger partial charge in [-0.15, -0.1) is 6.42 Å². The Labute approximate surface area is 199 Å². The first-order chi connectivity index (χ1) is 16.0. The van der Waals surface area contributed by atoms with Gasteiger partial charge >= 0.3 is 0 Å². The van der Waals surface area contributed by atoms with Gasteiger partial charge in [0.2, 0.25) is 5.91 Å². The van der Waals surface area contributed by atoms with Gasteiger partial charge in [-0.2, -0.15) is 0 Å². The van der Waals surface area contributed by atoms with Gasteiger partial charge < -0.3 is 19.8 Å². The largest absolute Gasteiger partial charge is 0.493 e. The molecule has 33 heavy (non-hydrogen) atoms. The summed E-state index contributed by atoms with van der Waals surface area (Å²) in [6, 6.07) is 12.7. The van der Waals surface area contributed by atoms with Gasteiger partial charge in [0.15, 0.2) is 16.7 Å². The third-order valence-corrected chi connectivity index (χ3v) is 6.27. The summed E-state index contributed by atoms with van der Waals surface area (Å²) in [5.41, 5.74) is 1.84. The van der Waals surface area contributed by atoms with Crippen molar-refractivity contribution in [3.8, 4) is 23.8 Å². The number of hydrogen-bond acceptors (Lipinski definition) is 6. The second kappa shape index (κ2) is 10.0. The SMILES string of the molecule is C#CCOc1ccc([C@H]2CC(=O)Nc3nc(SCc4cccc(Cl)c4)[nH]c(=O)c32)cc1OC. The minimum atomic E-state index is -0.479. The first kappa shape index (κ1) is 22.8. The quantitative estimate of drug-likeness (QED) is 0.298. The lowest BCUT2D eigenvalue weighted by atomic mass is 9.86. The number of nitrogens with one attached hydrogen (secondary N) is 2. The van der Waals surface area contributed by atoms with Crippen LogP contribution in [0.2, 0.25) is 5.02 Å². The molecule has 1 amide bonds. The number of thioether (sulfide) groups is 1. The number of H-pyrrole nitrogens is 1. The molecule has 0 saturated carbocycles. The molecule has 4 rings (SSSR count). The molecule has 2 N–H and O–H groups in total. The van der Waals surface area contributed by atoms with Gasteiger partial charge in [-0.3, -0.25) is 9.59 Å². The molecular formula is C24H20ClN3O4S. The average Bonchev–Trinajstić information content (AvgIpc) is 2.80. The molecule has 0 fully saturated rings. The van der Waals surface area contributed by atoms with Crippen LogP contribution in [-0.4, -0.2) is 29.6 Å². The van der Waals surface area contributed by atoms with Gasteiger partial charge in [-0.05, 0) is 35.4 Å². The van der Waals surface area contributed by atoms with Crippen LogP contribution in [0.4, 0.5) is 5.82 Å². The van der Waals surface area contributed by atoms with Crippen LogP contribution in [-0.2, 0) is 10.5 Å². The number of anilines is 1. The van der Waals surface area contributed by atoms with Gasteiger partial charge in [0.1, 0.15) is 12.4 Å². The number of terminal acetylenes is 1. The number of nitrogens with zero attached hydrogens (tertiary/aromatic N) is 1. The Morgan fingerprint density at radius 2 is 2.09 bits per heavy atom. The maximum absolute atomic E-state index is 13.0. The molecule has 0 unspecified atom stereocenters. The van der Waals surface area contributed by atoms with E-state index in [9.17, 15) is 9.59 Å². The lowest BCUT2D eigenvalue weighted by Crippen LogP contribution is -2.31. The van der Waals surface area contributed by atoms with Gasteiger partial charge in [-0.1, -0.05) is 47.5 Å².